The molecule has 0 aromatic heterocycles. The van der Waals surface area contributed by atoms with Gasteiger partial charge in [0.15, 0.2) is 0 Å². The molecular formula is C15H22N2O. The minimum Gasteiger partial charge on any atom is -0.387 e. The van der Waals surface area contributed by atoms with Crippen molar-refractivity contribution in [2.45, 2.75) is 32.8 Å². The van der Waals surface area contributed by atoms with Crippen molar-refractivity contribution in [3.05, 3.63) is 35.4 Å². The van der Waals surface area contributed by atoms with E-state index in [9.17, 15) is 5.11 Å². The van der Waals surface area contributed by atoms with Crippen LogP contribution in [0.4, 0.5) is 0 Å². The summed E-state index contributed by atoms with van der Waals surface area (Å²) in [6.07, 6.45) is 1.85. The van der Waals surface area contributed by atoms with Gasteiger partial charge in [-0.25, -0.2) is 0 Å². The summed E-state index contributed by atoms with van der Waals surface area (Å²) in [6.45, 7) is 6.92. The lowest BCUT2D eigenvalue weighted by atomic mass is 10.1. The zero-order valence-corrected chi connectivity index (χ0v) is 11.3. The van der Waals surface area contributed by atoms with Crippen LogP contribution in [-0.2, 0) is 0 Å². The monoisotopic (exact) mass is 246 g/mol. The van der Waals surface area contributed by atoms with Gasteiger partial charge in [-0.05, 0) is 37.2 Å². The standard InChI is InChI=1S/C15H22N2O/c1-3-5-10-17(4-2)12-15(18)14-8-6-13(11-16)7-9-14/h6-9,15,18H,3-5,10,12H2,1-2H3. The van der Waals surface area contributed by atoms with E-state index in [1.165, 1.54) is 6.42 Å². The van der Waals surface area contributed by atoms with Crippen molar-refractivity contribution in [2.24, 2.45) is 0 Å². The molecule has 0 aliphatic rings. The fraction of sp³-hybridized carbons (Fsp3) is 0.533. The number of aliphatic hydroxyl groups is 1. The molecule has 1 atom stereocenters. The van der Waals surface area contributed by atoms with Crippen LogP contribution in [0.25, 0.3) is 0 Å². The van der Waals surface area contributed by atoms with Gasteiger partial charge in [0.2, 0.25) is 0 Å². The van der Waals surface area contributed by atoms with E-state index in [1.54, 1.807) is 12.1 Å². The molecule has 0 saturated carbocycles. The van der Waals surface area contributed by atoms with Crippen molar-refractivity contribution in [3.63, 3.8) is 0 Å². The maximum atomic E-state index is 10.2. The van der Waals surface area contributed by atoms with Gasteiger partial charge < -0.3 is 10.0 Å². The molecule has 98 valence electrons. The Morgan fingerprint density at radius 3 is 2.44 bits per heavy atom. The summed E-state index contributed by atoms with van der Waals surface area (Å²) in [7, 11) is 0. The topological polar surface area (TPSA) is 47.3 Å². The molecule has 1 N–H and O–H groups in total. The molecule has 3 heteroatoms. The highest BCUT2D eigenvalue weighted by Crippen LogP contribution is 2.15. The lowest BCUT2D eigenvalue weighted by Crippen LogP contribution is -2.29. The third-order valence-corrected chi connectivity index (χ3v) is 3.13. The molecule has 18 heavy (non-hydrogen) atoms. The molecule has 1 aromatic rings. The Morgan fingerprint density at radius 1 is 1.28 bits per heavy atom. The zero-order chi connectivity index (χ0) is 13.4. The Balaban J connectivity index is 2.57. The van der Waals surface area contributed by atoms with Crippen LogP contribution in [0, 0.1) is 11.3 Å². The molecule has 1 aromatic carbocycles. The third-order valence-electron chi connectivity index (χ3n) is 3.13. The van der Waals surface area contributed by atoms with Crippen molar-refractivity contribution >= 4 is 0 Å². The van der Waals surface area contributed by atoms with Gasteiger partial charge in [-0.15, -0.1) is 0 Å². The highest BCUT2D eigenvalue weighted by Gasteiger charge is 2.11. The maximum Gasteiger partial charge on any atom is 0.0991 e. The average Bonchev–Trinajstić information content (AvgIpc) is 2.43. The Labute approximate surface area is 110 Å². The van der Waals surface area contributed by atoms with E-state index in [1.807, 2.05) is 12.1 Å². The molecule has 0 heterocycles. The van der Waals surface area contributed by atoms with Crippen molar-refractivity contribution < 1.29 is 5.11 Å². The van der Waals surface area contributed by atoms with E-state index < -0.39 is 6.10 Å². The first kappa shape index (κ1) is 14.7. The second-order valence-corrected chi connectivity index (χ2v) is 4.50. The molecule has 0 amide bonds. The van der Waals surface area contributed by atoms with Crippen molar-refractivity contribution in [1.82, 2.24) is 4.90 Å². The van der Waals surface area contributed by atoms with Crippen LogP contribution in [0.5, 0.6) is 0 Å². The zero-order valence-electron chi connectivity index (χ0n) is 11.3. The average molecular weight is 246 g/mol. The van der Waals surface area contributed by atoms with Gasteiger partial charge in [-0.1, -0.05) is 32.4 Å². The number of unbranched alkanes of at least 4 members (excludes halogenated alkanes) is 1. The summed E-state index contributed by atoms with van der Waals surface area (Å²) in [5.74, 6) is 0. The summed E-state index contributed by atoms with van der Waals surface area (Å²) >= 11 is 0. The minimum absolute atomic E-state index is 0.477. The van der Waals surface area contributed by atoms with E-state index in [4.69, 9.17) is 5.26 Å². The van der Waals surface area contributed by atoms with Crippen LogP contribution in [0.15, 0.2) is 24.3 Å². The first-order valence-electron chi connectivity index (χ1n) is 6.61. The number of aliphatic hydroxyl groups excluding tert-OH is 1. The Hall–Kier alpha value is -1.37. The van der Waals surface area contributed by atoms with Crippen molar-refractivity contribution in [1.29, 1.82) is 5.26 Å². The minimum atomic E-state index is -0.477. The first-order valence-corrected chi connectivity index (χ1v) is 6.61. The second kappa shape index (κ2) is 7.86. The summed E-state index contributed by atoms with van der Waals surface area (Å²) < 4.78 is 0. The maximum absolute atomic E-state index is 10.2. The second-order valence-electron chi connectivity index (χ2n) is 4.50. The van der Waals surface area contributed by atoms with Gasteiger partial charge in [-0.3, -0.25) is 0 Å². The summed E-state index contributed by atoms with van der Waals surface area (Å²) in [5, 5.41) is 18.9. The van der Waals surface area contributed by atoms with E-state index in [-0.39, 0.29) is 0 Å². The lowest BCUT2D eigenvalue weighted by Gasteiger charge is -2.23. The SMILES string of the molecule is CCCCN(CC)CC(O)c1ccc(C#N)cc1. The van der Waals surface area contributed by atoms with Crippen molar-refractivity contribution in [3.8, 4) is 6.07 Å². The highest BCUT2D eigenvalue weighted by atomic mass is 16.3. The molecule has 1 rings (SSSR count). The lowest BCUT2D eigenvalue weighted by molar-refractivity contribution is 0.115. The summed E-state index contributed by atoms with van der Waals surface area (Å²) in [5.41, 5.74) is 1.51. The van der Waals surface area contributed by atoms with E-state index >= 15 is 0 Å². The largest absolute Gasteiger partial charge is 0.387 e. The number of hydrogen-bond donors (Lipinski definition) is 1. The number of nitrogens with zero attached hydrogens (tertiary/aromatic N) is 2. The number of nitriles is 1. The van der Waals surface area contributed by atoms with Gasteiger partial charge in [0.1, 0.15) is 0 Å². The van der Waals surface area contributed by atoms with Gasteiger partial charge in [0.25, 0.3) is 0 Å². The third kappa shape index (κ3) is 4.48. The van der Waals surface area contributed by atoms with Gasteiger partial charge >= 0.3 is 0 Å². The van der Waals surface area contributed by atoms with E-state index in [2.05, 4.69) is 24.8 Å². The molecule has 0 spiro atoms. The fourth-order valence-corrected chi connectivity index (χ4v) is 1.89. The number of rotatable bonds is 7. The Bertz CT molecular complexity index is 380. The van der Waals surface area contributed by atoms with E-state index in [0.29, 0.717) is 12.1 Å². The normalized spacial score (nSPS) is 12.4. The van der Waals surface area contributed by atoms with Crippen molar-refractivity contribution in [2.75, 3.05) is 19.6 Å². The van der Waals surface area contributed by atoms with Gasteiger partial charge in [0.05, 0.1) is 17.7 Å². The number of benzene rings is 1. The summed E-state index contributed by atoms with van der Waals surface area (Å²) in [4.78, 5) is 2.26. The molecular weight excluding hydrogens is 224 g/mol. The predicted molar refractivity (Wildman–Crippen MR) is 73.1 cm³/mol. The van der Waals surface area contributed by atoms with Crippen LogP contribution in [0.2, 0.25) is 0 Å². The van der Waals surface area contributed by atoms with E-state index in [0.717, 1.165) is 25.1 Å². The van der Waals surface area contributed by atoms with Gasteiger partial charge in [-0.2, -0.15) is 5.26 Å². The van der Waals surface area contributed by atoms with Crippen LogP contribution in [0.3, 0.4) is 0 Å². The molecule has 1 unspecified atom stereocenters. The molecule has 0 radical (unpaired) electrons. The van der Waals surface area contributed by atoms with Gasteiger partial charge in [0, 0.05) is 6.54 Å². The number of hydrogen-bond acceptors (Lipinski definition) is 3. The first-order chi connectivity index (χ1) is 8.71. The molecule has 0 saturated heterocycles. The Morgan fingerprint density at radius 2 is 1.94 bits per heavy atom. The summed E-state index contributed by atoms with van der Waals surface area (Å²) in [6, 6.07) is 9.24. The molecule has 0 bridgehead atoms. The molecule has 0 aliphatic carbocycles. The van der Waals surface area contributed by atoms with Crippen LogP contribution in [-0.4, -0.2) is 29.6 Å². The Kier molecular flexibility index (Phi) is 6.42. The fourth-order valence-electron chi connectivity index (χ4n) is 1.89. The molecule has 0 aliphatic heterocycles. The van der Waals surface area contributed by atoms with Crippen LogP contribution < -0.4 is 0 Å². The smallest absolute Gasteiger partial charge is 0.0991 e. The molecule has 3 nitrogen and oxygen atoms in total. The van der Waals surface area contributed by atoms with Crippen LogP contribution in [0.1, 0.15) is 43.9 Å². The quantitative estimate of drug-likeness (QED) is 0.804. The predicted octanol–water partition coefficient (Wildman–Crippen LogP) is 2.71. The number of likely N-dealkylation sites (N-methyl/N-ethyl adjacent to an activating group) is 1. The molecule has 0 fully saturated rings. The highest BCUT2D eigenvalue weighted by molar-refractivity contribution is 5.32. The van der Waals surface area contributed by atoms with Crippen LogP contribution >= 0.6 is 0 Å².